The zero-order valence-corrected chi connectivity index (χ0v) is 14.8. The van der Waals surface area contributed by atoms with E-state index in [1.54, 1.807) is 24.3 Å². The summed E-state index contributed by atoms with van der Waals surface area (Å²) in [6.07, 6.45) is 0. The number of amides is 2. The van der Waals surface area contributed by atoms with E-state index >= 15 is 0 Å². The van der Waals surface area contributed by atoms with Crippen molar-refractivity contribution < 1.29 is 9.59 Å². The average molecular weight is 396 g/mol. The number of rotatable bonds is 5. The third-order valence-electron chi connectivity index (χ3n) is 3.22. The van der Waals surface area contributed by atoms with Crippen LogP contribution in [0.3, 0.4) is 0 Å². The Morgan fingerprint density at radius 1 is 1.17 bits per heavy atom. The lowest BCUT2D eigenvalue weighted by molar-refractivity contribution is -0.120. The van der Waals surface area contributed by atoms with E-state index in [1.807, 2.05) is 31.2 Å². The van der Waals surface area contributed by atoms with E-state index in [2.05, 4.69) is 26.6 Å². The van der Waals surface area contributed by atoms with Crippen LogP contribution < -0.4 is 10.6 Å². The Labute approximate surface area is 148 Å². The Morgan fingerprint density at radius 2 is 1.91 bits per heavy atom. The Balaban J connectivity index is 1.86. The maximum Gasteiger partial charge on any atom is 0.251 e. The second-order valence-electron chi connectivity index (χ2n) is 5.04. The molecular formula is C17H16BrClN2O2. The smallest absolute Gasteiger partial charge is 0.251 e. The predicted molar refractivity (Wildman–Crippen MR) is 94.5 cm³/mol. The molecule has 0 aromatic heterocycles. The molecule has 120 valence electrons. The fourth-order valence-corrected chi connectivity index (χ4v) is 2.65. The molecule has 2 N–H and O–H groups in total. The normalized spacial score (nSPS) is 11.6. The van der Waals surface area contributed by atoms with Crippen molar-refractivity contribution in [3.8, 4) is 0 Å². The summed E-state index contributed by atoms with van der Waals surface area (Å²) < 4.78 is 0.949. The van der Waals surface area contributed by atoms with Crippen LogP contribution in [0.15, 0.2) is 53.0 Å². The lowest BCUT2D eigenvalue weighted by atomic mass is 10.1. The number of benzene rings is 2. The summed E-state index contributed by atoms with van der Waals surface area (Å²) in [4.78, 5) is 23.9. The molecule has 2 aromatic carbocycles. The van der Waals surface area contributed by atoms with Gasteiger partial charge in [-0.25, -0.2) is 0 Å². The van der Waals surface area contributed by atoms with E-state index in [9.17, 15) is 9.59 Å². The summed E-state index contributed by atoms with van der Waals surface area (Å²) in [6.45, 7) is 1.79. The number of hydrogen-bond donors (Lipinski definition) is 2. The quantitative estimate of drug-likeness (QED) is 0.811. The largest absolute Gasteiger partial charge is 0.348 e. The fraction of sp³-hybridized carbons (Fsp3) is 0.176. The molecule has 1 atom stereocenters. The van der Waals surface area contributed by atoms with Crippen LogP contribution in [-0.2, 0) is 4.79 Å². The minimum absolute atomic E-state index is 0.0936. The van der Waals surface area contributed by atoms with Gasteiger partial charge in [-0.15, -0.1) is 0 Å². The summed E-state index contributed by atoms with van der Waals surface area (Å²) in [5.74, 6) is -0.592. The highest BCUT2D eigenvalue weighted by atomic mass is 79.9. The van der Waals surface area contributed by atoms with Crippen LogP contribution in [0.2, 0.25) is 5.02 Å². The van der Waals surface area contributed by atoms with Gasteiger partial charge in [0.1, 0.15) is 0 Å². The number of nitrogens with one attached hydrogen (secondary N) is 2. The molecule has 6 heteroatoms. The van der Waals surface area contributed by atoms with Crippen molar-refractivity contribution in [1.29, 1.82) is 0 Å². The van der Waals surface area contributed by atoms with Crippen LogP contribution in [0, 0.1) is 0 Å². The first-order chi connectivity index (χ1) is 11.0. The molecule has 0 heterocycles. The van der Waals surface area contributed by atoms with Gasteiger partial charge < -0.3 is 10.6 Å². The Kier molecular flexibility index (Phi) is 6.19. The lowest BCUT2D eigenvalue weighted by Crippen LogP contribution is -2.38. The molecule has 0 aliphatic heterocycles. The van der Waals surface area contributed by atoms with Crippen molar-refractivity contribution >= 4 is 39.3 Å². The summed E-state index contributed by atoms with van der Waals surface area (Å²) in [6, 6.07) is 14.1. The minimum atomic E-state index is -0.335. The van der Waals surface area contributed by atoms with Crippen LogP contribution in [-0.4, -0.2) is 18.4 Å². The molecule has 0 spiro atoms. The molecule has 0 bridgehead atoms. The van der Waals surface area contributed by atoms with Gasteiger partial charge in [0.25, 0.3) is 5.91 Å². The van der Waals surface area contributed by atoms with Gasteiger partial charge in [-0.05, 0) is 42.8 Å². The second kappa shape index (κ2) is 8.13. The summed E-state index contributed by atoms with van der Waals surface area (Å²) in [7, 11) is 0. The van der Waals surface area contributed by atoms with Crippen molar-refractivity contribution in [2.45, 2.75) is 13.0 Å². The SMILES string of the molecule is CC(NC(=O)CNC(=O)c1cccc(Cl)c1)c1cccc(Br)c1. The average Bonchev–Trinajstić information content (AvgIpc) is 2.52. The van der Waals surface area contributed by atoms with Crippen LogP contribution in [0.1, 0.15) is 28.9 Å². The fourth-order valence-electron chi connectivity index (χ4n) is 2.04. The van der Waals surface area contributed by atoms with Crippen LogP contribution >= 0.6 is 27.5 Å². The summed E-state index contributed by atoms with van der Waals surface area (Å²) in [5, 5.41) is 5.89. The van der Waals surface area contributed by atoms with E-state index < -0.39 is 0 Å². The zero-order valence-electron chi connectivity index (χ0n) is 12.5. The molecule has 0 aliphatic carbocycles. The highest BCUT2D eigenvalue weighted by Gasteiger charge is 2.12. The van der Waals surface area contributed by atoms with Crippen molar-refractivity contribution in [3.63, 3.8) is 0 Å². The van der Waals surface area contributed by atoms with Gasteiger partial charge in [-0.3, -0.25) is 9.59 Å². The van der Waals surface area contributed by atoms with E-state index in [0.29, 0.717) is 10.6 Å². The predicted octanol–water partition coefficient (Wildman–Crippen LogP) is 3.71. The van der Waals surface area contributed by atoms with E-state index in [4.69, 9.17) is 11.6 Å². The van der Waals surface area contributed by atoms with Crippen molar-refractivity contribution in [2.24, 2.45) is 0 Å². The first-order valence-electron chi connectivity index (χ1n) is 7.04. The zero-order chi connectivity index (χ0) is 16.8. The van der Waals surface area contributed by atoms with Crippen molar-refractivity contribution in [1.82, 2.24) is 10.6 Å². The monoisotopic (exact) mass is 394 g/mol. The van der Waals surface area contributed by atoms with Gasteiger partial charge in [0.15, 0.2) is 0 Å². The Morgan fingerprint density at radius 3 is 2.61 bits per heavy atom. The number of hydrogen-bond acceptors (Lipinski definition) is 2. The van der Waals surface area contributed by atoms with Gasteiger partial charge in [0.2, 0.25) is 5.91 Å². The maximum absolute atomic E-state index is 12.0. The van der Waals surface area contributed by atoms with Gasteiger partial charge >= 0.3 is 0 Å². The molecule has 2 amide bonds. The highest BCUT2D eigenvalue weighted by molar-refractivity contribution is 9.10. The van der Waals surface area contributed by atoms with Crippen molar-refractivity contribution in [3.05, 3.63) is 69.2 Å². The molecule has 0 saturated carbocycles. The third kappa shape index (κ3) is 5.37. The van der Waals surface area contributed by atoms with Gasteiger partial charge in [0.05, 0.1) is 12.6 Å². The molecule has 1 unspecified atom stereocenters. The van der Waals surface area contributed by atoms with Gasteiger partial charge in [0, 0.05) is 15.1 Å². The van der Waals surface area contributed by atoms with Crippen molar-refractivity contribution in [2.75, 3.05) is 6.54 Å². The van der Waals surface area contributed by atoms with Crippen LogP contribution in [0.4, 0.5) is 0 Å². The molecule has 0 saturated heterocycles. The van der Waals surface area contributed by atoms with Crippen LogP contribution in [0.25, 0.3) is 0 Å². The molecule has 0 radical (unpaired) electrons. The topological polar surface area (TPSA) is 58.2 Å². The first kappa shape index (κ1) is 17.5. The molecule has 2 aromatic rings. The third-order valence-corrected chi connectivity index (χ3v) is 3.95. The van der Waals surface area contributed by atoms with E-state index in [0.717, 1.165) is 10.0 Å². The minimum Gasteiger partial charge on any atom is -0.348 e. The standard InChI is InChI=1S/C17H16BrClN2O2/c1-11(12-4-2-6-14(18)8-12)21-16(22)10-20-17(23)13-5-3-7-15(19)9-13/h2-9,11H,10H2,1H3,(H,20,23)(H,21,22). The molecular weight excluding hydrogens is 380 g/mol. The molecule has 0 aliphatic rings. The highest BCUT2D eigenvalue weighted by Crippen LogP contribution is 2.17. The molecule has 0 fully saturated rings. The summed E-state index contributed by atoms with van der Waals surface area (Å²) >= 11 is 9.24. The molecule has 2 rings (SSSR count). The summed E-state index contributed by atoms with van der Waals surface area (Å²) in [5.41, 5.74) is 1.40. The Bertz CT molecular complexity index is 721. The van der Waals surface area contributed by atoms with Gasteiger partial charge in [-0.2, -0.15) is 0 Å². The Hall–Kier alpha value is -1.85. The lowest BCUT2D eigenvalue weighted by Gasteiger charge is -2.15. The molecule has 4 nitrogen and oxygen atoms in total. The van der Waals surface area contributed by atoms with Gasteiger partial charge in [-0.1, -0.05) is 45.7 Å². The first-order valence-corrected chi connectivity index (χ1v) is 8.21. The molecule has 23 heavy (non-hydrogen) atoms. The van der Waals surface area contributed by atoms with E-state index in [-0.39, 0.29) is 24.4 Å². The van der Waals surface area contributed by atoms with E-state index in [1.165, 1.54) is 0 Å². The number of carbonyl (C=O) groups excluding carboxylic acids is 2. The second-order valence-corrected chi connectivity index (χ2v) is 6.39. The number of carbonyl (C=O) groups is 2. The van der Waals surface area contributed by atoms with Crippen LogP contribution in [0.5, 0.6) is 0 Å². The number of halogens is 2. The maximum atomic E-state index is 12.0.